The normalized spacial score (nSPS) is 14.3. The SMILES string of the molecule is Cc1ncc(N)cc1C(=O)N1CCn2cnnc2C1. The molecule has 0 atom stereocenters. The number of rotatable bonds is 1. The maximum atomic E-state index is 12.5. The summed E-state index contributed by atoms with van der Waals surface area (Å²) in [5, 5.41) is 7.85. The average molecular weight is 258 g/mol. The smallest absolute Gasteiger partial charge is 0.256 e. The number of pyridine rings is 1. The van der Waals surface area contributed by atoms with E-state index in [1.807, 2.05) is 4.57 Å². The molecule has 1 aliphatic heterocycles. The molecule has 19 heavy (non-hydrogen) atoms. The van der Waals surface area contributed by atoms with E-state index in [4.69, 9.17) is 5.73 Å². The van der Waals surface area contributed by atoms with Gasteiger partial charge in [0.05, 0.1) is 29.7 Å². The van der Waals surface area contributed by atoms with Gasteiger partial charge in [0.1, 0.15) is 6.33 Å². The molecule has 2 aromatic rings. The zero-order valence-corrected chi connectivity index (χ0v) is 10.6. The Labute approximate surface area is 110 Å². The second-order valence-electron chi connectivity index (χ2n) is 4.57. The van der Waals surface area contributed by atoms with Crippen LogP contribution in [0.4, 0.5) is 5.69 Å². The Kier molecular flexibility index (Phi) is 2.66. The number of hydrogen-bond acceptors (Lipinski definition) is 5. The number of carbonyl (C=O) groups is 1. The summed E-state index contributed by atoms with van der Waals surface area (Å²) in [6, 6.07) is 1.67. The van der Waals surface area contributed by atoms with Crippen LogP contribution in [0.2, 0.25) is 0 Å². The molecule has 2 aromatic heterocycles. The number of anilines is 1. The fourth-order valence-electron chi connectivity index (χ4n) is 2.18. The molecule has 0 fully saturated rings. The van der Waals surface area contributed by atoms with Gasteiger partial charge >= 0.3 is 0 Å². The van der Waals surface area contributed by atoms with Crippen LogP contribution in [0.3, 0.4) is 0 Å². The minimum Gasteiger partial charge on any atom is -0.397 e. The molecule has 3 heterocycles. The predicted molar refractivity (Wildman–Crippen MR) is 68.1 cm³/mol. The third kappa shape index (κ3) is 2.03. The summed E-state index contributed by atoms with van der Waals surface area (Å²) in [6.07, 6.45) is 3.24. The number of nitrogen functional groups attached to an aromatic ring is 1. The zero-order valence-electron chi connectivity index (χ0n) is 10.6. The molecule has 0 saturated carbocycles. The third-order valence-electron chi connectivity index (χ3n) is 3.26. The summed E-state index contributed by atoms with van der Waals surface area (Å²) < 4.78 is 1.95. The molecule has 0 bridgehead atoms. The maximum absolute atomic E-state index is 12.5. The highest BCUT2D eigenvalue weighted by Gasteiger charge is 2.24. The number of aromatic nitrogens is 4. The molecular weight excluding hydrogens is 244 g/mol. The summed E-state index contributed by atoms with van der Waals surface area (Å²) in [5.41, 5.74) is 7.43. The van der Waals surface area contributed by atoms with Gasteiger partial charge in [-0.15, -0.1) is 10.2 Å². The Morgan fingerprint density at radius 1 is 1.42 bits per heavy atom. The van der Waals surface area contributed by atoms with Gasteiger partial charge in [-0.2, -0.15) is 0 Å². The molecule has 7 nitrogen and oxygen atoms in total. The molecule has 0 radical (unpaired) electrons. The van der Waals surface area contributed by atoms with Crippen LogP contribution in [0.15, 0.2) is 18.6 Å². The molecule has 0 spiro atoms. The van der Waals surface area contributed by atoms with Crippen molar-refractivity contribution >= 4 is 11.6 Å². The van der Waals surface area contributed by atoms with Crippen LogP contribution in [0.25, 0.3) is 0 Å². The summed E-state index contributed by atoms with van der Waals surface area (Å²) in [6.45, 7) is 3.62. The van der Waals surface area contributed by atoms with E-state index >= 15 is 0 Å². The van der Waals surface area contributed by atoms with Crippen molar-refractivity contribution in [1.29, 1.82) is 0 Å². The molecule has 0 saturated heterocycles. The van der Waals surface area contributed by atoms with E-state index < -0.39 is 0 Å². The number of amides is 1. The Bertz CT molecular complexity index is 635. The highest BCUT2D eigenvalue weighted by atomic mass is 16.2. The molecule has 1 aliphatic rings. The summed E-state index contributed by atoms with van der Waals surface area (Å²) in [4.78, 5) is 18.3. The predicted octanol–water partition coefficient (Wildman–Crippen LogP) is 0.220. The maximum Gasteiger partial charge on any atom is 0.256 e. The Morgan fingerprint density at radius 2 is 2.26 bits per heavy atom. The van der Waals surface area contributed by atoms with Gasteiger partial charge in [-0.1, -0.05) is 0 Å². The molecule has 0 unspecified atom stereocenters. The lowest BCUT2D eigenvalue weighted by molar-refractivity contribution is 0.0706. The lowest BCUT2D eigenvalue weighted by Crippen LogP contribution is -2.38. The van der Waals surface area contributed by atoms with E-state index in [-0.39, 0.29) is 5.91 Å². The van der Waals surface area contributed by atoms with Gasteiger partial charge in [0.25, 0.3) is 5.91 Å². The van der Waals surface area contributed by atoms with E-state index in [9.17, 15) is 4.79 Å². The van der Waals surface area contributed by atoms with Crippen molar-refractivity contribution in [2.24, 2.45) is 0 Å². The van der Waals surface area contributed by atoms with Crippen LogP contribution in [-0.4, -0.2) is 37.1 Å². The van der Waals surface area contributed by atoms with Gasteiger partial charge in [-0.05, 0) is 13.0 Å². The molecule has 1 amide bonds. The number of aryl methyl sites for hydroxylation is 1. The lowest BCUT2D eigenvalue weighted by Gasteiger charge is -2.27. The number of hydrogen-bond donors (Lipinski definition) is 1. The van der Waals surface area contributed by atoms with E-state index in [1.165, 1.54) is 0 Å². The van der Waals surface area contributed by atoms with Crippen molar-refractivity contribution in [2.75, 3.05) is 12.3 Å². The third-order valence-corrected chi connectivity index (χ3v) is 3.26. The number of fused-ring (bicyclic) bond motifs is 1. The average Bonchev–Trinajstić information content (AvgIpc) is 2.88. The highest BCUT2D eigenvalue weighted by Crippen LogP contribution is 2.16. The zero-order chi connectivity index (χ0) is 13.4. The van der Waals surface area contributed by atoms with Crippen molar-refractivity contribution < 1.29 is 4.79 Å². The van der Waals surface area contributed by atoms with Crippen molar-refractivity contribution in [2.45, 2.75) is 20.0 Å². The summed E-state index contributed by atoms with van der Waals surface area (Å²) in [5.74, 6) is 0.737. The second kappa shape index (κ2) is 4.34. The van der Waals surface area contributed by atoms with Crippen molar-refractivity contribution in [3.8, 4) is 0 Å². The first-order chi connectivity index (χ1) is 9.15. The van der Waals surface area contributed by atoms with Crippen molar-refractivity contribution in [3.63, 3.8) is 0 Å². The molecule has 0 aromatic carbocycles. The van der Waals surface area contributed by atoms with Gasteiger partial charge in [-0.3, -0.25) is 9.78 Å². The quantitative estimate of drug-likeness (QED) is 0.790. The molecule has 7 heteroatoms. The first-order valence-corrected chi connectivity index (χ1v) is 6.03. The molecule has 0 aliphatic carbocycles. The van der Waals surface area contributed by atoms with Gasteiger partial charge in [0.2, 0.25) is 0 Å². The molecule has 2 N–H and O–H groups in total. The summed E-state index contributed by atoms with van der Waals surface area (Å²) in [7, 11) is 0. The van der Waals surface area contributed by atoms with E-state index in [0.717, 1.165) is 5.82 Å². The molecule has 98 valence electrons. The molecule has 3 rings (SSSR count). The number of nitrogens with zero attached hydrogens (tertiary/aromatic N) is 5. The van der Waals surface area contributed by atoms with Gasteiger partial charge < -0.3 is 15.2 Å². The van der Waals surface area contributed by atoms with E-state index in [0.29, 0.717) is 36.6 Å². The van der Waals surface area contributed by atoms with Crippen LogP contribution in [0, 0.1) is 6.92 Å². The minimum absolute atomic E-state index is 0.0634. The van der Waals surface area contributed by atoms with Gasteiger partial charge in [0, 0.05) is 13.1 Å². The number of carbonyl (C=O) groups excluding carboxylic acids is 1. The lowest BCUT2D eigenvalue weighted by atomic mass is 10.1. The van der Waals surface area contributed by atoms with Crippen molar-refractivity contribution in [3.05, 3.63) is 35.7 Å². The van der Waals surface area contributed by atoms with Crippen molar-refractivity contribution in [1.82, 2.24) is 24.6 Å². The fraction of sp³-hybridized carbons (Fsp3) is 0.333. The first-order valence-electron chi connectivity index (χ1n) is 6.03. The summed E-state index contributed by atoms with van der Waals surface area (Å²) >= 11 is 0. The monoisotopic (exact) mass is 258 g/mol. The van der Waals surface area contributed by atoms with Crippen LogP contribution in [0.5, 0.6) is 0 Å². The topological polar surface area (TPSA) is 89.9 Å². The van der Waals surface area contributed by atoms with Crippen LogP contribution < -0.4 is 5.73 Å². The first kappa shape index (κ1) is 11.6. The van der Waals surface area contributed by atoms with E-state index in [1.54, 1.807) is 30.4 Å². The van der Waals surface area contributed by atoms with Crippen LogP contribution in [0.1, 0.15) is 21.9 Å². The molecular formula is C12H14N6O. The Morgan fingerprint density at radius 3 is 3.11 bits per heavy atom. The highest BCUT2D eigenvalue weighted by molar-refractivity contribution is 5.96. The Balaban J connectivity index is 1.87. The standard InChI is InChI=1S/C12H14N6O/c1-8-10(4-9(13)5-14-8)12(19)17-2-3-18-7-15-16-11(18)6-17/h4-5,7H,2-3,6,13H2,1H3. The fourth-order valence-corrected chi connectivity index (χ4v) is 2.18. The minimum atomic E-state index is -0.0634. The number of nitrogens with two attached hydrogens (primary N) is 1. The van der Waals surface area contributed by atoms with Gasteiger partial charge in [0.15, 0.2) is 5.82 Å². The van der Waals surface area contributed by atoms with Crippen LogP contribution >= 0.6 is 0 Å². The van der Waals surface area contributed by atoms with E-state index in [2.05, 4.69) is 15.2 Å². The largest absolute Gasteiger partial charge is 0.397 e. The van der Waals surface area contributed by atoms with Crippen LogP contribution in [-0.2, 0) is 13.1 Å². The second-order valence-corrected chi connectivity index (χ2v) is 4.57. The van der Waals surface area contributed by atoms with Gasteiger partial charge in [-0.25, -0.2) is 0 Å². The Hall–Kier alpha value is -2.44.